The second-order valence-corrected chi connectivity index (χ2v) is 6.50. The molecular formula is C22H22Cl2FNO. The zero-order valence-electron chi connectivity index (χ0n) is 14.8. The van der Waals surface area contributed by atoms with Crippen LogP contribution in [0.3, 0.4) is 0 Å². The molecule has 142 valence electrons. The van der Waals surface area contributed by atoms with Gasteiger partial charge in [0.25, 0.3) is 0 Å². The Balaban J connectivity index is 0.00000261. The molecule has 0 aromatic heterocycles. The van der Waals surface area contributed by atoms with E-state index in [4.69, 9.17) is 16.3 Å². The van der Waals surface area contributed by atoms with E-state index >= 15 is 0 Å². The molecule has 3 aromatic carbocycles. The molecule has 0 atom stereocenters. The second-order valence-electron chi connectivity index (χ2n) is 6.09. The summed E-state index contributed by atoms with van der Waals surface area (Å²) in [5, 5.41) is 3.99. The van der Waals surface area contributed by atoms with E-state index in [0.717, 1.165) is 36.2 Å². The normalized spacial score (nSPS) is 10.3. The molecule has 0 aliphatic rings. The summed E-state index contributed by atoms with van der Waals surface area (Å²) in [6, 6.07) is 22.4. The number of rotatable bonds is 8. The fourth-order valence-electron chi connectivity index (χ4n) is 2.62. The lowest BCUT2D eigenvalue weighted by molar-refractivity contribution is 0.306. The van der Waals surface area contributed by atoms with Crippen molar-refractivity contribution in [2.75, 3.05) is 6.54 Å². The standard InChI is InChI=1S/C22H21ClFNO.ClH/c23-21-14-19(15-25-13-12-17-6-9-20(24)10-7-17)8-11-22(21)26-16-18-4-2-1-3-5-18;/h1-11,14,25H,12-13,15-16H2;1H. The molecule has 0 aliphatic carbocycles. The van der Waals surface area contributed by atoms with Crippen molar-refractivity contribution >= 4 is 24.0 Å². The monoisotopic (exact) mass is 405 g/mol. The lowest BCUT2D eigenvalue weighted by atomic mass is 10.1. The second kappa shape index (κ2) is 10.9. The van der Waals surface area contributed by atoms with Crippen LogP contribution in [-0.2, 0) is 19.6 Å². The molecule has 0 amide bonds. The van der Waals surface area contributed by atoms with Crippen molar-refractivity contribution in [1.29, 1.82) is 0 Å². The van der Waals surface area contributed by atoms with Gasteiger partial charge in [0.05, 0.1) is 5.02 Å². The molecule has 0 radical (unpaired) electrons. The third-order valence-electron chi connectivity index (χ3n) is 4.07. The highest BCUT2D eigenvalue weighted by atomic mass is 35.5. The number of nitrogens with one attached hydrogen (secondary N) is 1. The summed E-state index contributed by atoms with van der Waals surface area (Å²) in [6.07, 6.45) is 0.853. The van der Waals surface area contributed by atoms with Crippen molar-refractivity contribution < 1.29 is 9.13 Å². The Kier molecular flexibility index (Phi) is 8.59. The first-order valence-electron chi connectivity index (χ1n) is 8.61. The van der Waals surface area contributed by atoms with Gasteiger partial charge in [-0.2, -0.15) is 0 Å². The fourth-order valence-corrected chi connectivity index (χ4v) is 2.88. The Bertz CT molecular complexity index is 825. The number of hydrogen-bond acceptors (Lipinski definition) is 2. The predicted molar refractivity (Wildman–Crippen MR) is 111 cm³/mol. The Morgan fingerprint density at radius 3 is 2.26 bits per heavy atom. The van der Waals surface area contributed by atoms with E-state index in [-0.39, 0.29) is 18.2 Å². The summed E-state index contributed by atoms with van der Waals surface area (Å²) in [7, 11) is 0. The van der Waals surface area contributed by atoms with Crippen LogP contribution in [0.1, 0.15) is 16.7 Å². The first kappa shape index (κ1) is 21.2. The summed E-state index contributed by atoms with van der Waals surface area (Å²) >= 11 is 6.33. The van der Waals surface area contributed by atoms with Crippen molar-refractivity contribution in [3.8, 4) is 5.75 Å². The third-order valence-corrected chi connectivity index (χ3v) is 4.36. The van der Waals surface area contributed by atoms with Crippen LogP contribution in [0, 0.1) is 5.82 Å². The maximum absolute atomic E-state index is 12.9. The Morgan fingerprint density at radius 1 is 0.852 bits per heavy atom. The van der Waals surface area contributed by atoms with Gasteiger partial charge in [0, 0.05) is 6.54 Å². The van der Waals surface area contributed by atoms with Crippen LogP contribution < -0.4 is 10.1 Å². The molecule has 3 aromatic rings. The van der Waals surface area contributed by atoms with E-state index in [1.54, 1.807) is 0 Å². The molecule has 0 bridgehead atoms. The SMILES string of the molecule is Cl.Fc1ccc(CCNCc2ccc(OCc3ccccc3)c(Cl)c2)cc1. The van der Waals surface area contributed by atoms with Gasteiger partial charge in [-0.1, -0.05) is 60.1 Å². The number of ether oxygens (including phenoxy) is 1. The van der Waals surface area contributed by atoms with Crippen LogP contribution in [0.25, 0.3) is 0 Å². The van der Waals surface area contributed by atoms with Crippen LogP contribution in [0.2, 0.25) is 5.02 Å². The predicted octanol–water partition coefficient (Wildman–Crippen LogP) is 5.81. The van der Waals surface area contributed by atoms with E-state index in [9.17, 15) is 4.39 Å². The summed E-state index contributed by atoms with van der Waals surface area (Å²) in [4.78, 5) is 0. The van der Waals surface area contributed by atoms with Gasteiger partial charge >= 0.3 is 0 Å². The summed E-state index contributed by atoms with van der Waals surface area (Å²) < 4.78 is 18.7. The summed E-state index contributed by atoms with van der Waals surface area (Å²) in [5.41, 5.74) is 3.32. The molecular weight excluding hydrogens is 384 g/mol. The van der Waals surface area contributed by atoms with Crippen LogP contribution >= 0.6 is 24.0 Å². The third kappa shape index (κ3) is 6.87. The average molecular weight is 406 g/mol. The van der Waals surface area contributed by atoms with Crippen molar-refractivity contribution in [2.45, 2.75) is 19.6 Å². The van der Waals surface area contributed by atoms with E-state index in [2.05, 4.69) is 5.32 Å². The highest BCUT2D eigenvalue weighted by Gasteiger charge is 2.04. The maximum atomic E-state index is 12.9. The quantitative estimate of drug-likeness (QED) is 0.477. The molecule has 0 spiro atoms. The van der Waals surface area contributed by atoms with E-state index < -0.39 is 0 Å². The molecule has 0 saturated carbocycles. The van der Waals surface area contributed by atoms with Gasteiger partial charge in [-0.25, -0.2) is 4.39 Å². The number of hydrogen-bond donors (Lipinski definition) is 1. The fraction of sp³-hybridized carbons (Fsp3) is 0.182. The molecule has 0 aliphatic heterocycles. The smallest absolute Gasteiger partial charge is 0.138 e. The average Bonchev–Trinajstić information content (AvgIpc) is 2.67. The van der Waals surface area contributed by atoms with Crippen molar-refractivity contribution in [3.05, 3.63) is 100 Å². The van der Waals surface area contributed by atoms with Crippen molar-refractivity contribution in [3.63, 3.8) is 0 Å². The van der Waals surface area contributed by atoms with E-state index in [0.29, 0.717) is 17.4 Å². The van der Waals surface area contributed by atoms with Crippen molar-refractivity contribution in [1.82, 2.24) is 5.32 Å². The van der Waals surface area contributed by atoms with Gasteiger partial charge in [0.1, 0.15) is 18.2 Å². The van der Waals surface area contributed by atoms with Crippen LogP contribution in [0.15, 0.2) is 72.8 Å². The molecule has 0 heterocycles. The highest BCUT2D eigenvalue weighted by molar-refractivity contribution is 6.32. The van der Waals surface area contributed by atoms with Crippen LogP contribution in [-0.4, -0.2) is 6.54 Å². The Morgan fingerprint density at radius 2 is 1.56 bits per heavy atom. The van der Waals surface area contributed by atoms with Gasteiger partial charge in [-0.05, 0) is 53.9 Å². The minimum absolute atomic E-state index is 0. The zero-order chi connectivity index (χ0) is 18.2. The zero-order valence-corrected chi connectivity index (χ0v) is 16.4. The minimum atomic E-state index is -0.203. The maximum Gasteiger partial charge on any atom is 0.138 e. The molecule has 2 nitrogen and oxygen atoms in total. The van der Waals surface area contributed by atoms with Crippen molar-refractivity contribution in [2.24, 2.45) is 0 Å². The van der Waals surface area contributed by atoms with Crippen LogP contribution in [0.5, 0.6) is 5.75 Å². The Hall–Kier alpha value is -2.07. The molecule has 27 heavy (non-hydrogen) atoms. The lowest BCUT2D eigenvalue weighted by Crippen LogP contribution is -2.16. The highest BCUT2D eigenvalue weighted by Crippen LogP contribution is 2.26. The number of benzene rings is 3. The number of halogens is 3. The largest absolute Gasteiger partial charge is 0.487 e. The summed E-state index contributed by atoms with van der Waals surface area (Å²) in [5.74, 6) is 0.483. The van der Waals surface area contributed by atoms with Gasteiger partial charge < -0.3 is 10.1 Å². The Labute approximate surface area is 170 Å². The van der Waals surface area contributed by atoms with E-state index in [1.807, 2.05) is 60.7 Å². The summed E-state index contributed by atoms with van der Waals surface area (Å²) in [6.45, 7) is 2.03. The molecule has 3 rings (SSSR count). The topological polar surface area (TPSA) is 21.3 Å². The van der Waals surface area contributed by atoms with Gasteiger partial charge in [-0.15, -0.1) is 12.4 Å². The van der Waals surface area contributed by atoms with Gasteiger partial charge in [-0.3, -0.25) is 0 Å². The molecule has 0 saturated heterocycles. The molecule has 0 fully saturated rings. The lowest BCUT2D eigenvalue weighted by Gasteiger charge is -2.10. The van der Waals surface area contributed by atoms with Crippen LogP contribution in [0.4, 0.5) is 4.39 Å². The van der Waals surface area contributed by atoms with Gasteiger partial charge in [0.15, 0.2) is 0 Å². The molecule has 0 unspecified atom stereocenters. The molecule has 1 N–H and O–H groups in total. The molecule has 5 heteroatoms. The minimum Gasteiger partial charge on any atom is -0.487 e. The first-order chi connectivity index (χ1) is 12.7. The first-order valence-corrected chi connectivity index (χ1v) is 8.99. The van der Waals surface area contributed by atoms with Gasteiger partial charge in [0.2, 0.25) is 0 Å². The van der Waals surface area contributed by atoms with E-state index in [1.165, 1.54) is 12.1 Å².